The van der Waals surface area contributed by atoms with E-state index in [0.717, 1.165) is 30.6 Å². The summed E-state index contributed by atoms with van der Waals surface area (Å²) in [5.41, 5.74) is 0.567. The van der Waals surface area contributed by atoms with E-state index < -0.39 is 5.60 Å². The van der Waals surface area contributed by atoms with Gasteiger partial charge in [0, 0.05) is 0 Å². The molecule has 2 rings (SSSR count). The lowest BCUT2D eigenvalue weighted by atomic mass is 9.81. The first-order chi connectivity index (χ1) is 6.70. The Morgan fingerprint density at radius 3 is 2.64 bits per heavy atom. The van der Waals surface area contributed by atoms with Gasteiger partial charge in [0.2, 0.25) is 0 Å². The van der Waals surface area contributed by atoms with E-state index in [1.54, 1.807) is 0 Å². The molecule has 14 heavy (non-hydrogen) atoms. The van der Waals surface area contributed by atoms with Crippen LogP contribution in [0.5, 0.6) is 5.75 Å². The first-order valence-electron chi connectivity index (χ1n) is 5.10. The Bertz CT molecular complexity index is 316. The fraction of sp³-hybridized carbons (Fsp3) is 0.500. The average molecular weight is 192 g/mol. The van der Waals surface area contributed by atoms with Gasteiger partial charge >= 0.3 is 0 Å². The van der Waals surface area contributed by atoms with Crippen molar-refractivity contribution in [2.24, 2.45) is 0 Å². The maximum absolute atomic E-state index is 9.84. The highest BCUT2D eigenvalue weighted by Gasteiger charge is 2.35. The SMILES string of the molecule is Cc1ccccc1OCC1(O)CCC1. The molecule has 0 saturated heterocycles. The van der Waals surface area contributed by atoms with E-state index in [9.17, 15) is 5.11 Å². The molecule has 1 fully saturated rings. The lowest BCUT2D eigenvalue weighted by molar-refractivity contribution is -0.0664. The minimum absolute atomic E-state index is 0.428. The third kappa shape index (κ3) is 1.90. The Kier molecular flexibility index (Phi) is 2.46. The van der Waals surface area contributed by atoms with Crippen LogP contribution in [0.1, 0.15) is 24.8 Å². The smallest absolute Gasteiger partial charge is 0.122 e. The summed E-state index contributed by atoms with van der Waals surface area (Å²) >= 11 is 0. The van der Waals surface area contributed by atoms with Crippen molar-refractivity contribution in [1.82, 2.24) is 0 Å². The van der Waals surface area contributed by atoms with Crippen LogP contribution >= 0.6 is 0 Å². The largest absolute Gasteiger partial charge is 0.490 e. The highest BCUT2D eigenvalue weighted by Crippen LogP contribution is 2.32. The van der Waals surface area contributed by atoms with E-state index in [4.69, 9.17) is 4.74 Å². The first-order valence-corrected chi connectivity index (χ1v) is 5.10. The molecule has 2 nitrogen and oxygen atoms in total. The number of benzene rings is 1. The van der Waals surface area contributed by atoms with Gasteiger partial charge < -0.3 is 9.84 Å². The van der Waals surface area contributed by atoms with E-state index in [-0.39, 0.29) is 0 Å². The molecule has 1 aliphatic carbocycles. The van der Waals surface area contributed by atoms with Crippen molar-refractivity contribution >= 4 is 0 Å². The summed E-state index contributed by atoms with van der Waals surface area (Å²) in [6, 6.07) is 7.89. The van der Waals surface area contributed by atoms with Gasteiger partial charge in [-0.15, -0.1) is 0 Å². The molecule has 0 amide bonds. The van der Waals surface area contributed by atoms with Gasteiger partial charge in [-0.05, 0) is 37.8 Å². The number of aryl methyl sites for hydroxylation is 1. The number of para-hydroxylation sites is 1. The summed E-state index contributed by atoms with van der Waals surface area (Å²) < 4.78 is 5.59. The molecule has 0 bridgehead atoms. The van der Waals surface area contributed by atoms with Crippen LogP contribution < -0.4 is 4.74 Å². The summed E-state index contributed by atoms with van der Waals surface area (Å²) in [7, 11) is 0. The van der Waals surface area contributed by atoms with E-state index >= 15 is 0 Å². The van der Waals surface area contributed by atoms with Gasteiger partial charge in [-0.1, -0.05) is 18.2 Å². The van der Waals surface area contributed by atoms with Crippen molar-refractivity contribution in [2.45, 2.75) is 31.8 Å². The Morgan fingerprint density at radius 1 is 1.36 bits per heavy atom. The van der Waals surface area contributed by atoms with Gasteiger partial charge in [0.15, 0.2) is 0 Å². The number of hydrogen-bond donors (Lipinski definition) is 1. The van der Waals surface area contributed by atoms with Crippen LogP contribution in [0.15, 0.2) is 24.3 Å². The van der Waals surface area contributed by atoms with Gasteiger partial charge in [0.05, 0.1) is 5.60 Å². The zero-order chi connectivity index (χ0) is 10.0. The third-order valence-electron chi connectivity index (χ3n) is 2.87. The maximum atomic E-state index is 9.84. The predicted molar refractivity (Wildman–Crippen MR) is 55.5 cm³/mol. The zero-order valence-corrected chi connectivity index (χ0v) is 8.49. The number of hydrogen-bond acceptors (Lipinski definition) is 2. The monoisotopic (exact) mass is 192 g/mol. The topological polar surface area (TPSA) is 29.5 Å². The molecule has 1 saturated carbocycles. The van der Waals surface area contributed by atoms with E-state index in [1.165, 1.54) is 0 Å². The molecule has 0 atom stereocenters. The van der Waals surface area contributed by atoms with Crippen molar-refractivity contribution < 1.29 is 9.84 Å². The van der Waals surface area contributed by atoms with Crippen LogP contribution in [0.25, 0.3) is 0 Å². The summed E-state index contributed by atoms with van der Waals surface area (Å²) in [6.45, 7) is 2.44. The highest BCUT2D eigenvalue weighted by molar-refractivity contribution is 5.31. The minimum atomic E-state index is -0.553. The molecule has 1 aromatic rings. The molecule has 0 radical (unpaired) electrons. The van der Waals surface area contributed by atoms with Gasteiger partial charge in [0.1, 0.15) is 12.4 Å². The number of rotatable bonds is 3. The van der Waals surface area contributed by atoms with Gasteiger partial charge in [-0.25, -0.2) is 0 Å². The summed E-state index contributed by atoms with van der Waals surface area (Å²) in [6.07, 6.45) is 2.87. The molecule has 0 heterocycles. The number of aliphatic hydroxyl groups is 1. The third-order valence-corrected chi connectivity index (χ3v) is 2.87. The molecular formula is C12H16O2. The van der Waals surface area contributed by atoms with Crippen LogP contribution in [0.2, 0.25) is 0 Å². The van der Waals surface area contributed by atoms with Gasteiger partial charge in [0.25, 0.3) is 0 Å². The molecule has 76 valence electrons. The predicted octanol–water partition coefficient (Wildman–Crippen LogP) is 2.29. The van der Waals surface area contributed by atoms with Crippen molar-refractivity contribution in [3.05, 3.63) is 29.8 Å². The second kappa shape index (κ2) is 3.62. The Morgan fingerprint density at radius 2 is 2.07 bits per heavy atom. The summed E-state index contributed by atoms with van der Waals surface area (Å²) in [4.78, 5) is 0. The van der Waals surface area contributed by atoms with E-state index in [2.05, 4.69) is 0 Å². The second-order valence-corrected chi connectivity index (χ2v) is 4.13. The second-order valence-electron chi connectivity index (χ2n) is 4.13. The van der Waals surface area contributed by atoms with Crippen molar-refractivity contribution in [3.63, 3.8) is 0 Å². The van der Waals surface area contributed by atoms with Crippen LogP contribution in [0.3, 0.4) is 0 Å². The molecule has 1 aromatic carbocycles. The standard InChI is InChI=1S/C12H16O2/c1-10-5-2-3-6-11(10)14-9-12(13)7-4-8-12/h2-3,5-6,13H,4,7-9H2,1H3. The molecule has 0 aliphatic heterocycles. The van der Waals surface area contributed by atoms with E-state index in [0.29, 0.717) is 6.61 Å². The summed E-state index contributed by atoms with van der Waals surface area (Å²) in [5.74, 6) is 0.882. The lowest BCUT2D eigenvalue weighted by Gasteiger charge is -2.36. The Hall–Kier alpha value is -1.02. The van der Waals surface area contributed by atoms with Crippen molar-refractivity contribution in [3.8, 4) is 5.75 Å². The minimum Gasteiger partial charge on any atom is -0.490 e. The molecule has 0 aromatic heterocycles. The van der Waals surface area contributed by atoms with Crippen LogP contribution in [0, 0.1) is 6.92 Å². The molecule has 2 heteroatoms. The Labute approximate surface area is 84.5 Å². The number of ether oxygens (including phenoxy) is 1. The highest BCUT2D eigenvalue weighted by atomic mass is 16.5. The molecule has 0 unspecified atom stereocenters. The van der Waals surface area contributed by atoms with Gasteiger partial charge in [-0.2, -0.15) is 0 Å². The lowest BCUT2D eigenvalue weighted by Crippen LogP contribution is -2.42. The molecule has 1 aliphatic rings. The fourth-order valence-electron chi connectivity index (χ4n) is 1.66. The Balaban J connectivity index is 1.95. The van der Waals surface area contributed by atoms with Gasteiger partial charge in [-0.3, -0.25) is 0 Å². The fourth-order valence-corrected chi connectivity index (χ4v) is 1.66. The normalized spacial score (nSPS) is 18.7. The average Bonchev–Trinajstić information content (AvgIpc) is 2.14. The molecule has 0 spiro atoms. The zero-order valence-electron chi connectivity index (χ0n) is 8.49. The molecular weight excluding hydrogens is 176 g/mol. The summed E-state index contributed by atoms with van der Waals surface area (Å²) in [5, 5.41) is 9.84. The first kappa shape index (κ1) is 9.53. The van der Waals surface area contributed by atoms with Crippen molar-refractivity contribution in [2.75, 3.05) is 6.61 Å². The van der Waals surface area contributed by atoms with Crippen LogP contribution in [-0.2, 0) is 0 Å². The quantitative estimate of drug-likeness (QED) is 0.796. The van der Waals surface area contributed by atoms with E-state index in [1.807, 2.05) is 31.2 Å². The molecule has 1 N–H and O–H groups in total. The maximum Gasteiger partial charge on any atom is 0.122 e. The van der Waals surface area contributed by atoms with Crippen LogP contribution in [0.4, 0.5) is 0 Å². The van der Waals surface area contributed by atoms with Crippen molar-refractivity contribution in [1.29, 1.82) is 0 Å². The van der Waals surface area contributed by atoms with Crippen LogP contribution in [-0.4, -0.2) is 17.3 Å².